The van der Waals surface area contributed by atoms with Gasteiger partial charge in [0.1, 0.15) is 11.8 Å². The standard InChI is InChI=1S/C41H71N5O6S/c1-15-28(7)38(44(13)40(51)36(26(3)4)42-39(50)37(27(5)6)43(11)12)32(52-14)24-34(48)46-23-17-18-31(46)33(53-41(8,9)10)25-35(49)45(16-2)29-19-21-30(47)22-20-29/h19-22,26-28,31-33,36-38,47H,15-18,23-25H2,1-14H3,(H,42,50). The summed E-state index contributed by atoms with van der Waals surface area (Å²) in [6, 6.07) is 4.98. The first-order valence-corrected chi connectivity index (χ1v) is 20.4. The number of thioether (sulfide) groups is 1. The van der Waals surface area contributed by atoms with Gasteiger partial charge in [0.05, 0.1) is 24.6 Å². The molecule has 4 amide bonds. The van der Waals surface area contributed by atoms with E-state index in [4.69, 9.17) is 4.74 Å². The third-order valence-corrected chi connectivity index (χ3v) is 12.0. The molecule has 1 saturated heterocycles. The summed E-state index contributed by atoms with van der Waals surface area (Å²) in [6.45, 7) is 21.4. The lowest BCUT2D eigenvalue weighted by molar-refractivity contribution is -0.146. The summed E-state index contributed by atoms with van der Waals surface area (Å²) in [5.41, 5.74) is 0.726. The molecule has 1 heterocycles. The van der Waals surface area contributed by atoms with Crippen molar-refractivity contribution < 1.29 is 29.0 Å². The fraction of sp³-hybridized carbons (Fsp3) is 0.756. The number of phenolic OH excluding ortho intramolecular Hbond substituents is 1. The average Bonchev–Trinajstić information content (AvgIpc) is 3.56. The van der Waals surface area contributed by atoms with Crippen LogP contribution in [0, 0.1) is 17.8 Å². The van der Waals surface area contributed by atoms with Crippen LogP contribution in [0.25, 0.3) is 0 Å². The van der Waals surface area contributed by atoms with Crippen LogP contribution in [0.5, 0.6) is 5.75 Å². The van der Waals surface area contributed by atoms with E-state index in [1.165, 1.54) is 0 Å². The number of likely N-dealkylation sites (N-methyl/N-ethyl adjacent to an activating group) is 2. The number of amides is 4. The lowest BCUT2D eigenvalue weighted by Gasteiger charge is -2.41. The van der Waals surface area contributed by atoms with Gasteiger partial charge in [0.25, 0.3) is 0 Å². The molecule has 1 aromatic rings. The molecule has 0 saturated carbocycles. The average molecular weight is 762 g/mol. The van der Waals surface area contributed by atoms with Gasteiger partial charge in [0, 0.05) is 55.4 Å². The van der Waals surface area contributed by atoms with Gasteiger partial charge in [-0.1, -0.05) is 68.7 Å². The number of methoxy groups -OCH3 is 1. The Balaban J connectivity index is 2.37. The van der Waals surface area contributed by atoms with Crippen molar-refractivity contribution in [2.24, 2.45) is 17.8 Å². The van der Waals surface area contributed by atoms with Gasteiger partial charge in [-0.15, -0.1) is 11.8 Å². The normalized spacial score (nSPS) is 18.4. The Morgan fingerprint density at radius 1 is 0.981 bits per heavy atom. The van der Waals surface area contributed by atoms with Gasteiger partial charge >= 0.3 is 0 Å². The molecule has 2 N–H and O–H groups in total. The first-order valence-electron chi connectivity index (χ1n) is 19.5. The second kappa shape index (κ2) is 20.7. The first-order chi connectivity index (χ1) is 24.7. The molecule has 7 unspecified atom stereocenters. The van der Waals surface area contributed by atoms with Crippen LogP contribution < -0.4 is 10.2 Å². The number of nitrogens with one attached hydrogen (secondary N) is 1. The minimum Gasteiger partial charge on any atom is -0.508 e. The summed E-state index contributed by atoms with van der Waals surface area (Å²) < 4.78 is 5.93. The predicted octanol–water partition coefficient (Wildman–Crippen LogP) is 6.03. The second-order valence-electron chi connectivity index (χ2n) is 16.6. The molecule has 1 fully saturated rings. The summed E-state index contributed by atoms with van der Waals surface area (Å²) >= 11 is 1.74. The molecule has 0 spiro atoms. The number of carbonyl (C=O) groups is 4. The Morgan fingerprint density at radius 2 is 1.58 bits per heavy atom. The highest BCUT2D eigenvalue weighted by Gasteiger charge is 2.42. The molecule has 1 aliphatic heterocycles. The van der Waals surface area contributed by atoms with Crippen LogP contribution in [-0.4, -0.2) is 125 Å². The van der Waals surface area contributed by atoms with Gasteiger partial charge in [0.15, 0.2) is 0 Å². The second-order valence-corrected chi connectivity index (χ2v) is 18.7. The van der Waals surface area contributed by atoms with Crippen molar-refractivity contribution >= 4 is 41.1 Å². The van der Waals surface area contributed by atoms with E-state index in [-0.39, 0.29) is 82.1 Å². The predicted molar refractivity (Wildman–Crippen MR) is 217 cm³/mol. The minimum absolute atomic E-state index is 0.00604. The maximum atomic E-state index is 14.4. The Kier molecular flexibility index (Phi) is 18.1. The molecular weight excluding hydrogens is 691 g/mol. The summed E-state index contributed by atoms with van der Waals surface area (Å²) in [4.78, 5) is 63.2. The Labute approximate surface area is 324 Å². The summed E-state index contributed by atoms with van der Waals surface area (Å²) in [6.07, 6.45) is 2.17. The number of carbonyl (C=O) groups excluding carboxylic acids is 4. The molecule has 0 aromatic heterocycles. The van der Waals surface area contributed by atoms with Crippen molar-refractivity contribution in [1.29, 1.82) is 0 Å². The monoisotopic (exact) mass is 762 g/mol. The first kappa shape index (κ1) is 46.3. The van der Waals surface area contributed by atoms with E-state index in [1.54, 1.807) is 60.0 Å². The smallest absolute Gasteiger partial charge is 0.245 e. The van der Waals surface area contributed by atoms with Crippen LogP contribution in [-0.2, 0) is 23.9 Å². The number of aromatic hydroxyl groups is 1. The highest BCUT2D eigenvalue weighted by Crippen LogP contribution is 2.38. The zero-order valence-corrected chi connectivity index (χ0v) is 36.0. The van der Waals surface area contributed by atoms with E-state index in [2.05, 4.69) is 39.9 Å². The van der Waals surface area contributed by atoms with Crippen LogP contribution >= 0.6 is 11.8 Å². The molecule has 11 nitrogen and oxygen atoms in total. The molecule has 1 aliphatic rings. The third kappa shape index (κ3) is 12.9. The van der Waals surface area contributed by atoms with E-state index >= 15 is 0 Å². The fourth-order valence-corrected chi connectivity index (χ4v) is 9.32. The van der Waals surface area contributed by atoms with Crippen LogP contribution in [0.4, 0.5) is 5.69 Å². The van der Waals surface area contributed by atoms with Crippen LogP contribution in [0.2, 0.25) is 0 Å². The lowest BCUT2D eigenvalue weighted by atomic mass is 9.89. The highest BCUT2D eigenvalue weighted by atomic mass is 32.2. The largest absolute Gasteiger partial charge is 0.508 e. The Hall–Kier alpha value is -2.83. The summed E-state index contributed by atoms with van der Waals surface area (Å²) in [7, 11) is 7.09. The number of likely N-dealkylation sites (tertiary alicyclic amines) is 1. The van der Waals surface area contributed by atoms with Gasteiger partial charge in [-0.05, 0) is 75.9 Å². The molecule has 0 bridgehead atoms. The third-order valence-electron chi connectivity index (χ3n) is 10.5. The van der Waals surface area contributed by atoms with E-state index < -0.39 is 18.2 Å². The number of ether oxygens (including phenoxy) is 1. The number of hydrogen-bond donors (Lipinski definition) is 2. The van der Waals surface area contributed by atoms with Gasteiger partial charge in [-0.25, -0.2) is 0 Å². The highest BCUT2D eigenvalue weighted by molar-refractivity contribution is 8.01. The molecule has 302 valence electrons. The Morgan fingerprint density at radius 3 is 2.06 bits per heavy atom. The minimum atomic E-state index is -0.742. The maximum absolute atomic E-state index is 14.4. The molecule has 0 aliphatic carbocycles. The van der Waals surface area contributed by atoms with E-state index in [9.17, 15) is 24.3 Å². The van der Waals surface area contributed by atoms with E-state index in [0.717, 1.165) is 24.9 Å². The molecule has 7 atom stereocenters. The van der Waals surface area contributed by atoms with Gasteiger partial charge < -0.3 is 29.9 Å². The van der Waals surface area contributed by atoms with Crippen molar-refractivity contribution in [2.75, 3.05) is 46.2 Å². The number of phenols is 1. The topological polar surface area (TPSA) is 123 Å². The number of anilines is 1. The van der Waals surface area contributed by atoms with Crippen LogP contribution in [0.3, 0.4) is 0 Å². The zero-order valence-electron chi connectivity index (χ0n) is 35.1. The van der Waals surface area contributed by atoms with Gasteiger partial charge in [-0.3, -0.25) is 24.1 Å². The SMILES string of the molecule is CCC(C)C(C(CC(=O)N1CCCC1C(CC(=O)N(CC)c1ccc(O)cc1)SC(C)(C)C)OC)N(C)C(=O)C(NC(=O)C(C(C)C)N(C)C)C(C)C. The van der Waals surface area contributed by atoms with Crippen LogP contribution in [0.15, 0.2) is 24.3 Å². The molecular formula is C41H71N5O6S. The quantitative estimate of drug-likeness (QED) is 0.175. The van der Waals surface area contributed by atoms with Crippen molar-refractivity contribution in [3.8, 4) is 5.75 Å². The number of rotatable bonds is 19. The van der Waals surface area contributed by atoms with Crippen molar-refractivity contribution in [2.45, 2.75) is 142 Å². The van der Waals surface area contributed by atoms with E-state index in [0.29, 0.717) is 13.1 Å². The fourth-order valence-electron chi connectivity index (χ4n) is 7.74. The molecule has 2 rings (SSSR count). The zero-order chi connectivity index (χ0) is 40.4. The number of benzene rings is 1. The molecule has 12 heteroatoms. The maximum Gasteiger partial charge on any atom is 0.245 e. The number of nitrogens with zero attached hydrogens (tertiary/aromatic N) is 4. The van der Waals surface area contributed by atoms with Crippen molar-refractivity contribution in [1.82, 2.24) is 20.0 Å². The van der Waals surface area contributed by atoms with Gasteiger partial charge in [-0.2, -0.15) is 0 Å². The van der Waals surface area contributed by atoms with E-state index in [1.807, 2.05) is 58.5 Å². The van der Waals surface area contributed by atoms with Crippen LogP contribution in [0.1, 0.15) is 101 Å². The summed E-state index contributed by atoms with van der Waals surface area (Å²) in [5.74, 6) is -0.419. The van der Waals surface area contributed by atoms with Crippen molar-refractivity contribution in [3.63, 3.8) is 0 Å². The lowest BCUT2D eigenvalue weighted by Crippen LogP contribution is -2.59. The van der Waals surface area contributed by atoms with Crippen molar-refractivity contribution in [3.05, 3.63) is 24.3 Å². The van der Waals surface area contributed by atoms with Gasteiger partial charge in [0.2, 0.25) is 23.6 Å². The Bertz CT molecular complexity index is 1320. The molecule has 1 aromatic carbocycles. The number of hydrogen-bond acceptors (Lipinski definition) is 8. The molecule has 53 heavy (non-hydrogen) atoms. The molecule has 0 radical (unpaired) electrons. The summed E-state index contributed by atoms with van der Waals surface area (Å²) in [5, 5.41) is 12.7.